The van der Waals surface area contributed by atoms with Crippen LogP contribution in [0.25, 0.3) is 0 Å². The van der Waals surface area contributed by atoms with Gasteiger partial charge in [0.2, 0.25) is 0 Å². The number of ether oxygens (including phenoxy) is 2. The van der Waals surface area contributed by atoms with Crippen molar-refractivity contribution in [1.29, 1.82) is 0 Å². The summed E-state index contributed by atoms with van der Waals surface area (Å²) in [4.78, 5) is 23.3. The Hall–Kier alpha value is -1.75. The summed E-state index contributed by atoms with van der Waals surface area (Å²) in [6, 6.07) is 6.16. The molecule has 0 spiro atoms. The predicted octanol–water partition coefficient (Wildman–Crippen LogP) is 2.03. The van der Waals surface area contributed by atoms with Crippen LogP contribution in [0.4, 0.5) is 0 Å². The number of esters is 1. The fourth-order valence-electron chi connectivity index (χ4n) is 1.54. The van der Waals surface area contributed by atoms with Crippen LogP contribution in [0.5, 0.6) is 5.75 Å². The molecule has 0 heterocycles. The van der Waals surface area contributed by atoms with E-state index in [-0.39, 0.29) is 12.5 Å². The van der Waals surface area contributed by atoms with Gasteiger partial charge in [-0.2, -0.15) is 0 Å². The normalized spacial score (nSPS) is 11.8. The lowest BCUT2D eigenvalue weighted by Crippen LogP contribution is -2.46. The van der Waals surface area contributed by atoms with Crippen molar-refractivity contribution in [1.82, 2.24) is 5.32 Å². The Balaban J connectivity index is 2.55. The van der Waals surface area contributed by atoms with E-state index in [0.717, 1.165) is 0 Å². The molecule has 1 amide bonds. The fourth-order valence-corrected chi connectivity index (χ4v) is 1.74. The molecular formula is C14H18ClNO4. The summed E-state index contributed by atoms with van der Waals surface area (Å²) in [5, 5.41) is 3.00. The van der Waals surface area contributed by atoms with E-state index >= 15 is 0 Å². The maximum absolute atomic E-state index is 11.8. The molecule has 1 atom stereocenters. The standard InChI is InChI=1S/C14H18ClNO4/c1-9(2)13(14(18)19-3)16-12(17)8-20-11-7-5-4-6-10(11)15/h4-7,9,13H,8H2,1-3H3,(H,16,17). The number of amides is 1. The summed E-state index contributed by atoms with van der Waals surface area (Å²) in [5.74, 6) is -0.546. The zero-order valence-electron chi connectivity index (χ0n) is 11.7. The number of hydrogen-bond acceptors (Lipinski definition) is 4. The van der Waals surface area contributed by atoms with E-state index in [9.17, 15) is 9.59 Å². The number of halogens is 1. The number of para-hydroxylation sites is 1. The van der Waals surface area contributed by atoms with Crippen molar-refractivity contribution in [2.45, 2.75) is 19.9 Å². The third-order valence-electron chi connectivity index (χ3n) is 2.63. The summed E-state index contributed by atoms with van der Waals surface area (Å²) in [7, 11) is 1.28. The van der Waals surface area contributed by atoms with E-state index in [4.69, 9.17) is 16.3 Å². The zero-order chi connectivity index (χ0) is 15.1. The maximum atomic E-state index is 11.8. The van der Waals surface area contributed by atoms with Crippen LogP contribution in [0, 0.1) is 5.92 Å². The highest BCUT2D eigenvalue weighted by molar-refractivity contribution is 6.32. The van der Waals surface area contributed by atoms with Gasteiger partial charge in [0.05, 0.1) is 12.1 Å². The lowest BCUT2D eigenvalue weighted by molar-refractivity contribution is -0.146. The summed E-state index contributed by atoms with van der Waals surface area (Å²) in [5.41, 5.74) is 0. The largest absolute Gasteiger partial charge is 0.482 e. The molecule has 0 fully saturated rings. The topological polar surface area (TPSA) is 64.6 Å². The van der Waals surface area contributed by atoms with Crippen molar-refractivity contribution < 1.29 is 19.1 Å². The first-order valence-electron chi connectivity index (χ1n) is 6.20. The first kappa shape index (κ1) is 16.3. The quantitative estimate of drug-likeness (QED) is 0.816. The summed E-state index contributed by atoms with van der Waals surface area (Å²) in [6.07, 6.45) is 0. The van der Waals surface area contributed by atoms with E-state index < -0.39 is 17.9 Å². The number of rotatable bonds is 6. The van der Waals surface area contributed by atoms with Crippen molar-refractivity contribution in [3.63, 3.8) is 0 Å². The van der Waals surface area contributed by atoms with Gasteiger partial charge in [-0.25, -0.2) is 4.79 Å². The van der Waals surface area contributed by atoms with Crippen LogP contribution in [0.1, 0.15) is 13.8 Å². The summed E-state index contributed by atoms with van der Waals surface area (Å²) in [6.45, 7) is 3.41. The van der Waals surface area contributed by atoms with Crippen LogP contribution < -0.4 is 10.1 Å². The van der Waals surface area contributed by atoms with Gasteiger partial charge in [-0.15, -0.1) is 0 Å². The molecule has 0 bridgehead atoms. The van der Waals surface area contributed by atoms with Crippen molar-refractivity contribution in [2.75, 3.05) is 13.7 Å². The maximum Gasteiger partial charge on any atom is 0.328 e. The minimum atomic E-state index is -0.692. The van der Waals surface area contributed by atoms with Gasteiger partial charge in [-0.1, -0.05) is 37.6 Å². The first-order valence-corrected chi connectivity index (χ1v) is 6.58. The molecule has 5 nitrogen and oxygen atoms in total. The molecule has 0 aliphatic heterocycles. The Morgan fingerprint density at radius 2 is 1.95 bits per heavy atom. The molecule has 110 valence electrons. The second-order valence-corrected chi connectivity index (χ2v) is 4.94. The van der Waals surface area contributed by atoms with Crippen LogP contribution in [0.15, 0.2) is 24.3 Å². The molecule has 0 saturated carbocycles. The molecule has 1 aromatic rings. The summed E-state index contributed by atoms with van der Waals surface area (Å²) >= 11 is 5.91. The second-order valence-electron chi connectivity index (χ2n) is 4.53. The van der Waals surface area contributed by atoms with Gasteiger partial charge < -0.3 is 14.8 Å². The van der Waals surface area contributed by atoms with E-state index in [2.05, 4.69) is 10.1 Å². The third kappa shape index (κ3) is 4.74. The van der Waals surface area contributed by atoms with E-state index in [0.29, 0.717) is 10.8 Å². The van der Waals surface area contributed by atoms with Crippen LogP contribution in [0.3, 0.4) is 0 Å². The Morgan fingerprint density at radius 1 is 1.30 bits per heavy atom. The van der Waals surface area contributed by atoms with Gasteiger partial charge in [-0.05, 0) is 18.1 Å². The van der Waals surface area contributed by atoms with Gasteiger partial charge in [0, 0.05) is 0 Å². The average Bonchev–Trinajstić information content (AvgIpc) is 2.42. The van der Waals surface area contributed by atoms with Gasteiger partial charge >= 0.3 is 5.97 Å². The van der Waals surface area contributed by atoms with Crippen LogP contribution >= 0.6 is 11.6 Å². The molecule has 1 rings (SSSR count). The van der Waals surface area contributed by atoms with Crippen molar-refractivity contribution in [2.24, 2.45) is 5.92 Å². The smallest absolute Gasteiger partial charge is 0.328 e. The molecule has 1 unspecified atom stereocenters. The van der Waals surface area contributed by atoms with Gasteiger partial charge in [0.25, 0.3) is 5.91 Å². The Kier molecular flexibility index (Phi) is 6.31. The number of hydrogen-bond donors (Lipinski definition) is 1. The molecule has 20 heavy (non-hydrogen) atoms. The first-order chi connectivity index (χ1) is 9.45. The molecule has 6 heteroatoms. The zero-order valence-corrected chi connectivity index (χ0v) is 12.4. The van der Waals surface area contributed by atoms with E-state index in [1.807, 2.05) is 13.8 Å². The Bertz CT molecular complexity index is 476. The number of carbonyl (C=O) groups is 2. The van der Waals surface area contributed by atoms with Gasteiger partial charge in [0.1, 0.15) is 11.8 Å². The number of methoxy groups -OCH3 is 1. The van der Waals surface area contributed by atoms with E-state index in [1.54, 1.807) is 24.3 Å². The molecule has 0 saturated heterocycles. The SMILES string of the molecule is COC(=O)C(NC(=O)COc1ccccc1Cl)C(C)C. The monoisotopic (exact) mass is 299 g/mol. The molecule has 1 N–H and O–H groups in total. The molecule has 0 aromatic heterocycles. The van der Waals surface area contributed by atoms with Crippen LogP contribution in [-0.4, -0.2) is 31.6 Å². The molecule has 0 aliphatic rings. The Labute approximate surface area is 123 Å². The van der Waals surface area contributed by atoms with Gasteiger partial charge in [-0.3, -0.25) is 4.79 Å². The molecular weight excluding hydrogens is 282 g/mol. The molecule has 0 aliphatic carbocycles. The minimum Gasteiger partial charge on any atom is -0.482 e. The lowest BCUT2D eigenvalue weighted by atomic mass is 10.0. The highest BCUT2D eigenvalue weighted by Crippen LogP contribution is 2.22. The molecule has 0 radical (unpaired) electrons. The summed E-state index contributed by atoms with van der Waals surface area (Å²) < 4.78 is 9.94. The number of carbonyl (C=O) groups excluding carboxylic acids is 2. The Morgan fingerprint density at radius 3 is 2.50 bits per heavy atom. The predicted molar refractivity (Wildman–Crippen MR) is 75.7 cm³/mol. The minimum absolute atomic E-state index is 0.0771. The average molecular weight is 300 g/mol. The van der Waals surface area contributed by atoms with Crippen molar-refractivity contribution in [3.05, 3.63) is 29.3 Å². The highest BCUT2D eigenvalue weighted by Gasteiger charge is 2.24. The fraction of sp³-hybridized carbons (Fsp3) is 0.429. The highest BCUT2D eigenvalue weighted by atomic mass is 35.5. The lowest BCUT2D eigenvalue weighted by Gasteiger charge is -2.19. The van der Waals surface area contributed by atoms with Crippen LogP contribution in [-0.2, 0) is 14.3 Å². The van der Waals surface area contributed by atoms with Crippen molar-refractivity contribution in [3.8, 4) is 5.75 Å². The number of benzene rings is 1. The third-order valence-corrected chi connectivity index (χ3v) is 2.95. The van der Waals surface area contributed by atoms with Crippen molar-refractivity contribution >= 4 is 23.5 Å². The van der Waals surface area contributed by atoms with Gasteiger partial charge in [0.15, 0.2) is 6.61 Å². The second kappa shape index (κ2) is 7.75. The van der Waals surface area contributed by atoms with Crippen LogP contribution in [0.2, 0.25) is 5.02 Å². The number of nitrogens with one attached hydrogen (secondary N) is 1. The van der Waals surface area contributed by atoms with E-state index in [1.165, 1.54) is 7.11 Å². The molecule has 1 aromatic carbocycles.